The second-order valence-corrected chi connectivity index (χ2v) is 7.33. The number of benzene rings is 3. The summed E-state index contributed by atoms with van der Waals surface area (Å²) >= 11 is 1.55. The van der Waals surface area contributed by atoms with E-state index in [1.165, 1.54) is 6.07 Å². The number of hydrogen-bond donors (Lipinski definition) is 0. The summed E-state index contributed by atoms with van der Waals surface area (Å²) in [5.74, 6) is 0.578. The smallest absolute Gasteiger partial charge is 0.269 e. The van der Waals surface area contributed by atoms with E-state index in [-0.39, 0.29) is 10.6 Å². The van der Waals surface area contributed by atoms with Gasteiger partial charge in [-0.05, 0) is 29.8 Å². The van der Waals surface area contributed by atoms with E-state index in [2.05, 4.69) is 4.40 Å². The van der Waals surface area contributed by atoms with Gasteiger partial charge >= 0.3 is 0 Å². The molecule has 2 heterocycles. The van der Waals surface area contributed by atoms with Crippen LogP contribution in [0.1, 0.15) is 5.56 Å². The fraction of sp³-hybridized carbons (Fsp3) is 0.0476. The Hall–Kier alpha value is -3.45. The van der Waals surface area contributed by atoms with Gasteiger partial charge in [-0.3, -0.25) is 14.5 Å². The Bertz CT molecular complexity index is 1360. The number of para-hydroxylation sites is 3. The monoisotopic (exact) mass is 386 g/mol. The first-order valence-corrected chi connectivity index (χ1v) is 9.71. The van der Waals surface area contributed by atoms with Gasteiger partial charge in [-0.15, -0.1) is 0 Å². The van der Waals surface area contributed by atoms with Crippen molar-refractivity contribution in [1.82, 2.24) is 14.4 Å². The molecule has 5 aromatic rings. The van der Waals surface area contributed by atoms with Crippen molar-refractivity contribution >= 4 is 45.0 Å². The molecule has 0 fully saturated rings. The predicted octanol–water partition coefficient (Wildman–Crippen LogP) is 5.24. The standard InChI is InChI=1S/C21H14N4O2S/c26-25(27)15-7-5-6-14(12-15)13-28-21-23-17-9-2-1-8-16(17)20-22-18-10-3-4-11-19(18)24(20)21/h1-12H,13H2. The van der Waals surface area contributed by atoms with Gasteiger partial charge in [0, 0.05) is 23.3 Å². The van der Waals surface area contributed by atoms with Crippen LogP contribution in [0.5, 0.6) is 0 Å². The Labute approximate surface area is 164 Å². The SMILES string of the molecule is O=[N+]([O-])c1cccc(CSc2nc3ccccc3c3nc4ccccc4n23)c1. The van der Waals surface area contributed by atoms with Crippen molar-refractivity contribution in [3.05, 3.63) is 88.5 Å². The summed E-state index contributed by atoms with van der Waals surface area (Å²) in [5.41, 5.74) is 4.64. The molecular weight excluding hydrogens is 372 g/mol. The van der Waals surface area contributed by atoms with Crippen LogP contribution in [0.3, 0.4) is 0 Å². The molecule has 0 radical (unpaired) electrons. The summed E-state index contributed by atoms with van der Waals surface area (Å²) in [6.45, 7) is 0. The van der Waals surface area contributed by atoms with E-state index >= 15 is 0 Å². The Morgan fingerprint density at radius 2 is 1.71 bits per heavy atom. The molecule has 136 valence electrons. The van der Waals surface area contributed by atoms with Crippen molar-refractivity contribution in [3.63, 3.8) is 0 Å². The van der Waals surface area contributed by atoms with Crippen LogP contribution in [0.2, 0.25) is 0 Å². The van der Waals surface area contributed by atoms with Gasteiger partial charge in [-0.25, -0.2) is 9.97 Å². The first-order chi connectivity index (χ1) is 13.7. The average Bonchev–Trinajstić information content (AvgIpc) is 3.12. The van der Waals surface area contributed by atoms with E-state index in [0.29, 0.717) is 5.75 Å². The molecule has 0 saturated carbocycles. The Morgan fingerprint density at radius 1 is 0.929 bits per heavy atom. The van der Waals surface area contributed by atoms with Crippen molar-refractivity contribution in [2.24, 2.45) is 0 Å². The maximum atomic E-state index is 11.0. The highest BCUT2D eigenvalue weighted by atomic mass is 32.2. The maximum absolute atomic E-state index is 11.0. The Morgan fingerprint density at radius 3 is 2.57 bits per heavy atom. The number of nitro benzene ring substituents is 1. The van der Waals surface area contributed by atoms with E-state index in [0.717, 1.165) is 38.3 Å². The van der Waals surface area contributed by atoms with Gasteiger partial charge in [0.05, 0.1) is 21.5 Å². The number of imidazole rings is 1. The molecule has 0 bridgehead atoms. The van der Waals surface area contributed by atoms with Crippen LogP contribution >= 0.6 is 11.8 Å². The molecule has 3 aromatic carbocycles. The largest absolute Gasteiger partial charge is 0.271 e. The van der Waals surface area contributed by atoms with E-state index in [4.69, 9.17) is 9.97 Å². The molecule has 0 saturated heterocycles. The molecule has 0 aliphatic heterocycles. The fourth-order valence-electron chi connectivity index (χ4n) is 3.32. The Balaban J connectivity index is 1.65. The quantitative estimate of drug-likeness (QED) is 0.183. The minimum absolute atomic E-state index is 0.0998. The molecular formula is C21H14N4O2S. The minimum atomic E-state index is -0.371. The molecule has 7 heteroatoms. The number of nitro groups is 1. The lowest BCUT2D eigenvalue weighted by Crippen LogP contribution is -1.97. The zero-order valence-corrected chi connectivity index (χ0v) is 15.5. The summed E-state index contributed by atoms with van der Waals surface area (Å²) in [4.78, 5) is 20.3. The zero-order valence-electron chi connectivity index (χ0n) is 14.6. The third-order valence-electron chi connectivity index (χ3n) is 4.60. The number of fused-ring (bicyclic) bond motifs is 5. The van der Waals surface area contributed by atoms with Gasteiger partial charge in [0.15, 0.2) is 5.16 Å². The lowest BCUT2D eigenvalue weighted by Gasteiger charge is -2.08. The zero-order chi connectivity index (χ0) is 19.1. The number of hydrogen-bond acceptors (Lipinski definition) is 5. The van der Waals surface area contributed by atoms with Crippen LogP contribution in [0.4, 0.5) is 5.69 Å². The molecule has 0 N–H and O–H groups in total. The van der Waals surface area contributed by atoms with Crippen molar-refractivity contribution in [2.75, 3.05) is 0 Å². The number of nitrogens with zero attached hydrogens (tertiary/aromatic N) is 4. The molecule has 2 aromatic heterocycles. The highest BCUT2D eigenvalue weighted by Crippen LogP contribution is 2.30. The van der Waals surface area contributed by atoms with E-state index < -0.39 is 0 Å². The van der Waals surface area contributed by atoms with Crippen molar-refractivity contribution < 1.29 is 4.92 Å². The van der Waals surface area contributed by atoms with E-state index in [9.17, 15) is 10.1 Å². The average molecular weight is 386 g/mol. The lowest BCUT2D eigenvalue weighted by atomic mass is 10.2. The number of thioether (sulfide) groups is 1. The highest BCUT2D eigenvalue weighted by Gasteiger charge is 2.14. The van der Waals surface area contributed by atoms with E-state index in [1.54, 1.807) is 23.9 Å². The summed E-state index contributed by atoms with van der Waals surface area (Å²) in [6, 6.07) is 22.7. The maximum Gasteiger partial charge on any atom is 0.269 e. The van der Waals surface area contributed by atoms with Crippen molar-refractivity contribution in [2.45, 2.75) is 10.9 Å². The Kier molecular flexibility index (Phi) is 3.95. The van der Waals surface area contributed by atoms with E-state index in [1.807, 2.05) is 54.6 Å². The molecule has 0 amide bonds. The van der Waals surface area contributed by atoms with Crippen molar-refractivity contribution in [3.8, 4) is 0 Å². The summed E-state index contributed by atoms with van der Waals surface area (Å²) in [7, 11) is 0. The summed E-state index contributed by atoms with van der Waals surface area (Å²) < 4.78 is 2.07. The molecule has 0 atom stereocenters. The van der Waals surface area contributed by atoms with Crippen LogP contribution in [0.15, 0.2) is 78.0 Å². The minimum Gasteiger partial charge on any atom is -0.271 e. The van der Waals surface area contributed by atoms with Gasteiger partial charge in [-0.2, -0.15) is 0 Å². The molecule has 28 heavy (non-hydrogen) atoms. The van der Waals surface area contributed by atoms with Gasteiger partial charge in [0.25, 0.3) is 5.69 Å². The third kappa shape index (κ3) is 2.76. The third-order valence-corrected chi connectivity index (χ3v) is 5.61. The van der Waals surface area contributed by atoms with Gasteiger partial charge in [0.1, 0.15) is 5.65 Å². The number of rotatable bonds is 4. The molecule has 0 aliphatic carbocycles. The summed E-state index contributed by atoms with van der Waals surface area (Å²) in [5, 5.41) is 12.8. The summed E-state index contributed by atoms with van der Waals surface area (Å²) in [6.07, 6.45) is 0. The second-order valence-electron chi connectivity index (χ2n) is 6.39. The first-order valence-electron chi connectivity index (χ1n) is 8.73. The van der Waals surface area contributed by atoms with Crippen LogP contribution in [-0.4, -0.2) is 19.3 Å². The van der Waals surface area contributed by atoms with Gasteiger partial charge in [0.2, 0.25) is 0 Å². The predicted molar refractivity (Wildman–Crippen MR) is 111 cm³/mol. The second kappa shape index (κ2) is 6.61. The first kappa shape index (κ1) is 16.7. The molecule has 0 spiro atoms. The number of non-ortho nitro benzene ring substituents is 1. The van der Waals surface area contributed by atoms with Gasteiger partial charge in [-0.1, -0.05) is 48.2 Å². The van der Waals surface area contributed by atoms with Gasteiger partial charge < -0.3 is 0 Å². The highest BCUT2D eigenvalue weighted by molar-refractivity contribution is 7.98. The lowest BCUT2D eigenvalue weighted by molar-refractivity contribution is -0.384. The molecule has 5 rings (SSSR count). The molecule has 6 nitrogen and oxygen atoms in total. The van der Waals surface area contributed by atoms with Crippen LogP contribution < -0.4 is 0 Å². The fourth-order valence-corrected chi connectivity index (χ4v) is 4.27. The van der Waals surface area contributed by atoms with Crippen LogP contribution in [0, 0.1) is 10.1 Å². The topological polar surface area (TPSA) is 73.3 Å². The normalized spacial score (nSPS) is 11.4. The molecule has 0 unspecified atom stereocenters. The van der Waals surface area contributed by atoms with Crippen molar-refractivity contribution in [1.29, 1.82) is 0 Å². The molecule has 0 aliphatic rings. The number of aromatic nitrogens is 3. The van der Waals surface area contributed by atoms with Crippen LogP contribution in [0.25, 0.3) is 27.6 Å². The van der Waals surface area contributed by atoms with Crippen LogP contribution in [-0.2, 0) is 5.75 Å².